The van der Waals surface area contributed by atoms with E-state index in [1.54, 1.807) is 4.90 Å². The van der Waals surface area contributed by atoms with Gasteiger partial charge in [-0.2, -0.15) is 0 Å². The maximum absolute atomic E-state index is 12.7. The fraction of sp³-hybridized carbons (Fsp3) is 0.250. The van der Waals surface area contributed by atoms with E-state index in [-0.39, 0.29) is 5.91 Å². The van der Waals surface area contributed by atoms with E-state index in [1.165, 1.54) is 5.56 Å². The Morgan fingerprint density at radius 2 is 1.70 bits per heavy atom. The van der Waals surface area contributed by atoms with Crippen LogP contribution in [0.4, 0.5) is 0 Å². The molecule has 118 valence electrons. The lowest BCUT2D eigenvalue weighted by molar-refractivity contribution is 0.0755. The van der Waals surface area contributed by atoms with Gasteiger partial charge < -0.3 is 9.32 Å². The van der Waals surface area contributed by atoms with Crippen molar-refractivity contribution in [3.05, 3.63) is 71.0 Å². The zero-order chi connectivity index (χ0) is 16.4. The van der Waals surface area contributed by atoms with Gasteiger partial charge in [0.2, 0.25) is 0 Å². The standard InChI is InChI=1S/C20H21NO2/c1-4-15-9-11-16(12-10-15)13-21(3)20(22)19-14(2)17-7-5-6-8-18(17)23-19/h5-12H,4,13H2,1-3H3. The quantitative estimate of drug-likeness (QED) is 0.707. The average Bonchev–Trinajstić information content (AvgIpc) is 2.92. The van der Waals surface area contributed by atoms with E-state index >= 15 is 0 Å². The summed E-state index contributed by atoms with van der Waals surface area (Å²) in [4.78, 5) is 14.4. The van der Waals surface area contributed by atoms with E-state index in [4.69, 9.17) is 4.42 Å². The van der Waals surface area contributed by atoms with Gasteiger partial charge in [-0.3, -0.25) is 4.79 Å². The van der Waals surface area contributed by atoms with Crippen LogP contribution in [0.25, 0.3) is 11.0 Å². The topological polar surface area (TPSA) is 33.5 Å². The Morgan fingerprint density at radius 3 is 2.35 bits per heavy atom. The molecule has 3 heteroatoms. The Bertz CT molecular complexity index is 830. The van der Waals surface area contributed by atoms with Crippen LogP contribution in [0.5, 0.6) is 0 Å². The van der Waals surface area contributed by atoms with Gasteiger partial charge in [0.05, 0.1) is 0 Å². The molecule has 3 aromatic rings. The van der Waals surface area contributed by atoms with Crippen molar-refractivity contribution in [3.63, 3.8) is 0 Å². The van der Waals surface area contributed by atoms with Crippen molar-refractivity contribution in [2.75, 3.05) is 7.05 Å². The molecular formula is C20H21NO2. The molecule has 0 fully saturated rings. The second-order valence-electron chi connectivity index (χ2n) is 5.88. The zero-order valence-electron chi connectivity index (χ0n) is 13.8. The van der Waals surface area contributed by atoms with E-state index in [0.29, 0.717) is 12.3 Å². The summed E-state index contributed by atoms with van der Waals surface area (Å²) in [7, 11) is 1.81. The summed E-state index contributed by atoms with van der Waals surface area (Å²) in [6.45, 7) is 4.64. The molecule has 0 spiro atoms. The van der Waals surface area contributed by atoms with Gasteiger partial charge in [-0.05, 0) is 30.5 Å². The number of benzene rings is 2. The van der Waals surface area contributed by atoms with Gasteiger partial charge in [0.15, 0.2) is 5.76 Å². The van der Waals surface area contributed by atoms with E-state index in [1.807, 2.05) is 38.2 Å². The summed E-state index contributed by atoms with van der Waals surface area (Å²) in [5, 5.41) is 0.997. The Labute approximate surface area is 136 Å². The first kappa shape index (κ1) is 15.3. The summed E-state index contributed by atoms with van der Waals surface area (Å²) >= 11 is 0. The van der Waals surface area contributed by atoms with Gasteiger partial charge in [-0.1, -0.05) is 49.4 Å². The minimum Gasteiger partial charge on any atom is -0.451 e. The Balaban J connectivity index is 1.81. The molecule has 3 nitrogen and oxygen atoms in total. The lowest BCUT2D eigenvalue weighted by Crippen LogP contribution is -2.26. The average molecular weight is 307 g/mol. The lowest BCUT2D eigenvalue weighted by Gasteiger charge is -2.16. The second kappa shape index (κ2) is 6.29. The monoisotopic (exact) mass is 307 g/mol. The highest BCUT2D eigenvalue weighted by molar-refractivity contribution is 5.98. The van der Waals surface area contributed by atoms with Crippen LogP contribution in [0.1, 0.15) is 34.2 Å². The largest absolute Gasteiger partial charge is 0.451 e. The van der Waals surface area contributed by atoms with Crippen molar-refractivity contribution in [2.45, 2.75) is 26.8 Å². The smallest absolute Gasteiger partial charge is 0.289 e. The van der Waals surface area contributed by atoms with Gasteiger partial charge in [0.25, 0.3) is 5.91 Å². The fourth-order valence-electron chi connectivity index (χ4n) is 2.78. The summed E-state index contributed by atoms with van der Waals surface area (Å²) in [6, 6.07) is 16.1. The number of hydrogen-bond acceptors (Lipinski definition) is 2. The predicted molar refractivity (Wildman–Crippen MR) is 92.6 cm³/mol. The minimum absolute atomic E-state index is 0.0849. The number of carbonyl (C=O) groups is 1. The Hall–Kier alpha value is -2.55. The number of carbonyl (C=O) groups excluding carboxylic acids is 1. The summed E-state index contributed by atoms with van der Waals surface area (Å²) in [5.74, 6) is 0.345. The molecule has 2 aromatic carbocycles. The summed E-state index contributed by atoms with van der Waals surface area (Å²) < 4.78 is 5.76. The van der Waals surface area contributed by atoms with Gasteiger partial charge >= 0.3 is 0 Å². The lowest BCUT2D eigenvalue weighted by atomic mass is 10.1. The van der Waals surface area contributed by atoms with Gasteiger partial charge in [0.1, 0.15) is 5.58 Å². The van der Waals surface area contributed by atoms with E-state index in [0.717, 1.165) is 28.5 Å². The van der Waals surface area contributed by atoms with Gasteiger partial charge in [0, 0.05) is 24.5 Å². The Kier molecular flexibility index (Phi) is 4.20. The summed E-state index contributed by atoms with van der Waals surface area (Å²) in [6.07, 6.45) is 1.02. The van der Waals surface area contributed by atoms with Crippen molar-refractivity contribution in [1.82, 2.24) is 4.90 Å². The highest BCUT2D eigenvalue weighted by Crippen LogP contribution is 2.26. The van der Waals surface area contributed by atoms with Crippen molar-refractivity contribution in [2.24, 2.45) is 0 Å². The molecule has 0 aliphatic heterocycles. The van der Waals surface area contributed by atoms with Crippen LogP contribution in [-0.2, 0) is 13.0 Å². The molecule has 3 rings (SSSR count). The number of furan rings is 1. The molecular weight excluding hydrogens is 286 g/mol. The number of para-hydroxylation sites is 1. The van der Waals surface area contributed by atoms with Gasteiger partial charge in [-0.25, -0.2) is 0 Å². The first-order valence-electron chi connectivity index (χ1n) is 7.91. The molecule has 1 aromatic heterocycles. The van der Waals surface area contributed by atoms with Crippen LogP contribution < -0.4 is 0 Å². The highest BCUT2D eigenvalue weighted by atomic mass is 16.3. The van der Waals surface area contributed by atoms with Crippen LogP contribution >= 0.6 is 0 Å². The number of fused-ring (bicyclic) bond motifs is 1. The number of aryl methyl sites for hydroxylation is 2. The SMILES string of the molecule is CCc1ccc(CN(C)C(=O)c2oc3ccccc3c2C)cc1. The third-order valence-corrected chi connectivity index (χ3v) is 4.24. The molecule has 0 saturated heterocycles. The normalized spacial score (nSPS) is 10.9. The molecule has 0 radical (unpaired) electrons. The molecule has 0 aliphatic carbocycles. The van der Waals surface area contributed by atoms with E-state index in [9.17, 15) is 4.79 Å². The fourth-order valence-corrected chi connectivity index (χ4v) is 2.78. The molecule has 0 unspecified atom stereocenters. The molecule has 0 bridgehead atoms. The van der Waals surface area contributed by atoms with Crippen molar-refractivity contribution in [3.8, 4) is 0 Å². The first-order valence-corrected chi connectivity index (χ1v) is 7.91. The molecule has 1 heterocycles. The van der Waals surface area contributed by atoms with Crippen LogP contribution in [0, 0.1) is 6.92 Å². The van der Waals surface area contributed by atoms with Gasteiger partial charge in [-0.15, -0.1) is 0 Å². The first-order chi connectivity index (χ1) is 11.1. The molecule has 23 heavy (non-hydrogen) atoms. The Morgan fingerprint density at radius 1 is 1.04 bits per heavy atom. The third kappa shape index (κ3) is 3.00. The number of amides is 1. The van der Waals surface area contributed by atoms with E-state index in [2.05, 4.69) is 31.2 Å². The predicted octanol–water partition coefficient (Wildman–Crippen LogP) is 4.58. The minimum atomic E-state index is -0.0849. The van der Waals surface area contributed by atoms with Crippen LogP contribution in [-0.4, -0.2) is 17.9 Å². The van der Waals surface area contributed by atoms with Crippen LogP contribution in [0.15, 0.2) is 52.9 Å². The number of nitrogens with zero attached hydrogens (tertiary/aromatic N) is 1. The van der Waals surface area contributed by atoms with E-state index < -0.39 is 0 Å². The molecule has 0 atom stereocenters. The zero-order valence-corrected chi connectivity index (χ0v) is 13.8. The van der Waals surface area contributed by atoms with Crippen molar-refractivity contribution in [1.29, 1.82) is 0 Å². The molecule has 0 N–H and O–H groups in total. The summed E-state index contributed by atoms with van der Waals surface area (Å²) in [5.41, 5.74) is 4.08. The maximum atomic E-state index is 12.7. The highest BCUT2D eigenvalue weighted by Gasteiger charge is 2.20. The molecule has 1 amide bonds. The number of rotatable bonds is 4. The van der Waals surface area contributed by atoms with Crippen LogP contribution in [0.2, 0.25) is 0 Å². The molecule has 0 saturated carbocycles. The number of hydrogen-bond donors (Lipinski definition) is 0. The maximum Gasteiger partial charge on any atom is 0.289 e. The van der Waals surface area contributed by atoms with Crippen molar-refractivity contribution >= 4 is 16.9 Å². The third-order valence-electron chi connectivity index (χ3n) is 4.24. The van der Waals surface area contributed by atoms with Crippen molar-refractivity contribution < 1.29 is 9.21 Å². The second-order valence-corrected chi connectivity index (χ2v) is 5.88. The molecule has 0 aliphatic rings. The van der Waals surface area contributed by atoms with Crippen LogP contribution in [0.3, 0.4) is 0 Å².